The normalized spacial score (nSPS) is 11.1. The van der Waals surface area contributed by atoms with Crippen molar-refractivity contribution in [2.75, 3.05) is 5.88 Å². The van der Waals surface area contributed by atoms with E-state index < -0.39 is 0 Å². The first-order valence-electron chi connectivity index (χ1n) is 6.34. The van der Waals surface area contributed by atoms with Gasteiger partial charge in [0.1, 0.15) is 10.7 Å². The van der Waals surface area contributed by atoms with Crippen LogP contribution in [-0.4, -0.2) is 15.8 Å². The predicted octanol–water partition coefficient (Wildman–Crippen LogP) is 5.29. The van der Waals surface area contributed by atoms with Crippen molar-refractivity contribution in [2.24, 2.45) is 0 Å². The van der Waals surface area contributed by atoms with E-state index >= 15 is 0 Å². The van der Waals surface area contributed by atoms with Crippen molar-refractivity contribution in [3.8, 4) is 10.7 Å². The molecule has 0 unspecified atom stereocenters. The molecule has 20 heavy (non-hydrogen) atoms. The molecule has 3 rings (SSSR count). The highest BCUT2D eigenvalue weighted by molar-refractivity contribution is 9.10. The summed E-state index contributed by atoms with van der Waals surface area (Å²) < 4.78 is 0.981. The van der Waals surface area contributed by atoms with Crippen molar-refractivity contribution >= 4 is 49.8 Å². The lowest BCUT2D eigenvalue weighted by atomic mass is 10.2. The first-order chi connectivity index (χ1) is 9.78. The van der Waals surface area contributed by atoms with Gasteiger partial charge in [-0.3, -0.25) is 0 Å². The third-order valence-electron chi connectivity index (χ3n) is 3.00. The summed E-state index contributed by atoms with van der Waals surface area (Å²) in [4.78, 5) is 9.37. The van der Waals surface area contributed by atoms with Gasteiger partial charge in [-0.05, 0) is 40.9 Å². The maximum atomic E-state index is 5.72. The fraction of sp³-hybridized carbons (Fsp3) is 0.200. The molecular formula is C15H12BrClN2S. The topological polar surface area (TPSA) is 25.8 Å². The molecule has 1 aromatic carbocycles. The van der Waals surface area contributed by atoms with Gasteiger partial charge in [0.05, 0.1) is 11.2 Å². The highest BCUT2D eigenvalue weighted by Gasteiger charge is 2.11. The zero-order valence-electron chi connectivity index (χ0n) is 10.6. The van der Waals surface area contributed by atoms with Crippen molar-refractivity contribution in [1.29, 1.82) is 0 Å². The van der Waals surface area contributed by atoms with Crippen LogP contribution in [0.15, 0.2) is 40.2 Å². The highest BCUT2D eigenvalue weighted by Crippen LogP contribution is 2.31. The van der Waals surface area contributed by atoms with E-state index in [4.69, 9.17) is 16.6 Å². The molecule has 0 amide bonds. The molecule has 0 aliphatic carbocycles. The van der Waals surface area contributed by atoms with Gasteiger partial charge in [-0.2, -0.15) is 0 Å². The fourth-order valence-corrected chi connectivity index (χ4v) is 3.66. The molecular weight excluding hydrogens is 356 g/mol. The lowest BCUT2D eigenvalue weighted by Gasteiger charge is -2.03. The summed E-state index contributed by atoms with van der Waals surface area (Å²) in [6.45, 7) is 0. The Morgan fingerprint density at radius 2 is 2.05 bits per heavy atom. The van der Waals surface area contributed by atoms with Crippen LogP contribution < -0.4 is 0 Å². The first kappa shape index (κ1) is 14.0. The van der Waals surface area contributed by atoms with Crippen molar-refractivity contribution in [3.05, 3.63) is 45.9 Å². The summed E-state index contributed by atoms with van der Waals surface area (Å²) in [5.41, 5.74) is 2.99. The van der Waals surface area contributed by atoms with E-state index in [1.54, 1.807) is 11.3 Å². The number of pyridine rings is 1. The number of hydrogen-bond donors (Lipinski definition) is 0. The van der Waals surface area contributed by atoms with Crippen LogP contribution in [0.1, 0.15) is 12.1 Å². The summed E-state index contributed by atoms with van der Waals surface area (Å²) in [6, 6.07) is 10.2. The Morgan fingerprint density at radius 1 is 1.20 bits per heavy atom. The van der Waals surface area contributed by atoms with Crippen molar-refractivity contribution in [1.82, 2.24) is 9.97 Å². The quantitative estimate of drug-likeness (QED) is 0.585. The van der Waals surface area contributed by atoms with Gasteiger partial charge in [-0.15, -0.1) is 22.9 Å². The SMILES string of the molecule is ClCCCc1csc(-c2nc3ccccc3cc2Br)n1. The number of aromatic nitrogens is 2. The van der Waals surface area contributed by atoms with Crippen LogP contribution in [0, 0.1) is 0 Å². The third kappa shape index (κ3) is 2.87. The van der Waals surface area contributed by atoms with Crippen molar-refractivity contribution < 1.29 is 0 Å². The summed E-state index contributed by atoms with van der Waals surface area (Å²) in [7, 11) is 0. The monoisotopic (exact) mass is 366 g/mol. The van der Waals surface area contributed by atoms with Gasteiger partial charge >= 0.3 is 0 Å². The molecule has 0 bridgehead atoms. The number of aryl methyl sites for hydroxylation is 1. The Bertz CT molecular complexity index is 742. The average Bonchev–Trinajstić information content (AvgIpc) is 2.93. The molecule has 0 spiro atoms. The van der Waals surface area contributed by atoms with E-state index in [1.807, 2.05) is 18.2 Å². The lowest BCUT2D eigenvalue weighted by Crippen LogP contribution is -1.89. The smallest absolute Gasteiger partial charge is 0.143 e. The first-order valence-corrected chi connectivity index (χ1v) is 8.54. The minimum absolute atomic E-state index is 0.671. The molecule has 0 atom stereocenters. The van der Waals surface area contributed by atoms with E-state index in [0.29, 0.717) is 5.88 Å². The number of thiazole rings is 1. The molecule has 0 aliphatic heterocycles. The minimum atomic E-state index is 0.671. The molecule has 0 aliphatic rings. The van der Waals surface area contributed by atoms with Crippen molar-refractivity contribution in [3.63, 3.8) is 0 Å². The molecule has 3 aromatic rings. The molecule has 0 N–H and O–H groups in total. The second-order valence-corrected chi connectivity index (χ2v) is 6.54. The zero-order chi connectivity index (χ0) is 13.9. The van der Waals surface area contributed by atoms with E-state index in [0.717, 1.165) is 44.6 Å². The maximum Gasteiger partial charge on any atom is 0.143 e. The highest BCUT2D eigenvalue weighted by atomic mass is 79.9. The van der Waals surface area contributed by atoms with Crippen LogP contribution in [0.3, 0.4) is 0 Å². The van der Waals surface area contributed by atoms with Crippen LogP contribution in [0.4, 0.5) is 0 Å². The zero-order valence-corrected chi connectivity index (χ0v) is 13.8. The van der Waals surface area contributed by atoms with Crippen LogP contribution >= 0.6 is 38.9 Å². The van der Waals surface area contributed by atoms with Gasteiger partial charge in [-0.25, -0.2) is 9.97 Å². The van der Waals surface area contributed by atoms with E-state index in [1.165, 1.54) is 0 Å². The number of fused-ring (bicyclic) bond motifs is 1. The second-order valence-electron chi connectivity index (χ2n) is 4.45. The molecule has 102 valence electrons. The summed E-state index contributed by atoms with van der Waals surface area (Å²) >= 11 is 10.9. The number of halogens is 2. The van der Waals surface area contributed by atoms with Crippen LogP contribution in [0.25, 0.3) is 21.6 Å². The summed E-state index contributed by atoms with van der Waals surface area (Å²) in [5.74, 6) is 0.671. The van der Waals surface area contributed by atoms with Gasteiger partial charge in [0.15, 0.2) is 0 Å². The van der Waals surface area contributed by atoms with Crippen molar-refractivity contribution in [2.45, 2.75) is 12.8 Å². The Hall–Kier alpha value is -0.970. The van der Waals surface area contributed by atoms with Gasteiger partial charge in [0.25, 0.3) is 0 Å². The number of para-hydroxylation sites is 1. The average molecular weight is 368 g/mol. The molecule has 0 radical (unpaired) electrons. The molecule has 2 heterocycles. The summed E-state index contributed by atoms with van der Waals surface area (Å²) in [5, 5.41) is 4.17. The Kier molecular flexibility index (Phi) is 4.34. The molecule has 0 saturated carbocycles. The largest absolute Gasteiger partial charge is 0.244 e. The van der Waals surface area contributed by atoms with E-state index in [2.05, 4.69) is 38.4 Å². The fourth-order valence-electron chi connectivity index (χ4n) is 2.02. The Morgan fingerprint density at radius 3 is 2.90 bits per heavy atom. The minimum Gasteiger partial charge on any atom is -0.244 e. The number of benzene rings is 1. The van der Waals surface area contributed by atoms with Gasteiger partial charge in [0.2, 0.25) is 0 Å². The number of alkyl halides is 1. The second kappa shape index (κ2) is 6.20. The number of hydrogen-bond acceptors (Lipinski definition) is 3. The maximum absolute atomic E-state index is 5.72. The predicted molar refractivity (Wildman–Crippen MR) is 89.6 cm³/mol. The Balaban J connectivity index is 2.00. The number of rotatable bonds is 4. The lowest BCUT2D eigenvalue weighted by molar-refractivity contribution is 0.899. The van der Waals surface area contributed by atoms with Crippen LogP contribution in [-0.2, 0) is 6.42 Å². The van der Waals surface area contributed by atoms with Gasteiger partial charge < -0.3 is 0 Å². The third-order valence-corrected chi connectivity index (χ3v) is 4.77. The molecule has 2 aromatic heterocycles. The van der Waals surface area contributed by atoms with Crippen LogP contribution in [0.2, 0.25) is 0 Å². The van der Waals surface area contributed by atoms with E-state index in [9.17, 15) is 0 Å². The van der Waals surface area contributed by atoms with Gasteiger partial charge in [-0.1, -0.05) is 18.2 Å². The molecule has 2 nitrogen and oxygen atoms in total. The molecule has 5 heteroatoms. The van der Waals surface area contributed by atoms with E-state index in [-0.39, 0.29) is 0 Å². The van der Waals surface area contributed by atoms with Gasteiger partial charge in [0, 0.05) is 21.1 Å². The Labute approximate surface area is 135 Å². The number of nitrogens with zero attached hydrogens (tertiary/aromatic N) is 2. The van der Waals surface area contributed by atoms with Crippen LogP contribution in [0.5, 0.6) is 0 Å². The standard InChI is InChI=1S/C15H12BrClN2S/c16-12-8-10-4-1-2-6-13(10)19-14(12)15-18-11(9-20-15)5-3-7-17/h1-2,4,6,8-9H,3,5,7H2. The molecule has 0 saturated heterocycles. The molecule has 0 fully saturated rings. The summed E-state index contributed by atoms with van der Waals surface area (Å²) in [6.07, 6.45) is 1.88.